The van der Waals surface area contributed by atoms with Crippen LogP contribution in [-0.2, 0) is 11.4 Å². The zero-order chi connectivity index (χ0) is 16.0. The van der Waals surface area contributed by atoms with Gasteiger partial charge in [0, 0.05) is 0 Å². The van der Waals surface area contributed by atoms with E-state index in [-0.39, 0.29) is 40.4 Å². The number of carbonyl (C=O) groups excluding carboxylic acids is 1. The smallest absolute Gasteiger partial charge is 0.201 e. The van der Waals surface area contributed by atoms with Crippen LogP contribution < -0.4 is 5.43 Å². The third-order valence-corrected chi connectivity index (χ3v) is 3.82. The van der Waals surface area contributed by atoms with Crippen LogP contribution in [0.1, 0.15) is 29.7 Å². The summed E-state index contributed by atoms with van der Waals surface area (Å²) in [4.78, 5) is 24.4. The van der Waals surface area contributed by atoms with Crippen LogP contribution in [0, 0.1) is 0 Å². The molecular formula is C16H14O6. The first-order valence-electron chi connectivity index (χ1n) is 6.74. The minimum atomic E-state index is -1.11. The second-order valence-corrected chi connectivity index (χ2v) is 5.29. The Morgan fingerprint density at radius 1 is 1.36 bits per heavy atom. The van der Waals surface area contributed by atoms with E-state index >= 15 is 0 Å². The number of Topliss-reactive ketones (excluding diaryl/α,β-unsaturated/α-hetero) is 1. The molecule has 2 aromatic rings. The number of carbonyl (C=O) groups is 1. The summed E-state index contributed by atoms with van der Waals surface area (Å²) in [5.41, 5.74) is 0.0103. The highest BCUT2D eigenvalue weighted by atomic mass is 16.3. The van der Waals surface area contributed by atoms with Gasteiger partial charge in [-0.2, -0.15) is 0 Å². The van der Waals surface area contributed by atoms with Crippen molar-refractivity contribution in [3.63, 3.8) is 0 Å². The van der Waals surface area contributed by atoms with E-state index in [0.29, 0.717) is 5.56 Å². The van der Waals surface area contributed by atoms with Gasteiger partial charge in [-0.25, -0.2) is 0 Å². The molecule has 0 saturated heterocycles. The summed E-state index contributed by atoms with van der Waals surface area (Å²) in [6.45, 7) is 0.976. The summed E-state index contributed by atoms with van der Waals surface area (Å²) in [5.74, 6) is -1.53. The van der Waals surface area contributed by atoms with Gasteiger partial charge in [0.1, 0.15) is 28.3 Å². The van der Waals surface area contributed by atoms with Crippen LogP contribution in [0.3, 0.4) is 0 Å². The van der Waals surface area contributed by atoms with Gasteiger partial charge < -0.3 is 19.7 Å². The normalized spacial score (nSPS) is 20.1. The molecule has 0 unspecified atom stereocenters. The first-order chi connectivity index (χ1) is 10.4. The molecule has 1 aromatic carbocycles. The van der Waals surface area contributed by atoms with Crippen LogP contribution in [0.5, 0.6) is 5.75 Å². The fourth-order valence-electron chi connectivity index (χ4n) is 2.81. The van der Waals surface area contributed by atoms with Crippen molar-refractivity contribution < 1.29 is 24.5 Å². The molecule has 0 radical (unpaired) electrons. The number of hydrogen-bond acceptors (Lipinski definition) is 6. The third kappa shape index (κ3) is 2.04. The summed E-state index contributed by atoms with van der Waals surface area (Å²) in [5, 5.41) is 29.1. The van der Waals surface area contributed by atoms with E-state index in [2.05, 4.69) is 0 Å². The number of phenols is 1. The highest BCUT2D eigenvalue weighted by Gasteiger charge is 2.33. The Kier molecular flexibility index (Phi) is 3.35. The molecule has 0 aliphatic heterocycles. The molecule has 0 spiro atoms. The molecule has 0 amide bonds. The molecule has 114 valence electrons. The van der Waals surface area contributed by atoms with Crippen molar-refractivity contribution in [2.75, 3.05) is 0 Å². The molecule has 6 nitrogen and oxygen atoms in total. The van der Waals surface area contributed by atoms with Gasteiger partial charge in [0.25, 0.3) is 0 Å². The summed E-state index contributed by atoms with van der Waals surface area (Å²) < 4.78 is 5.60. The third-order valence-electron chi connectivity index (χ3n) is 3.82. The van der Waals surface area contributed by atoms with Gasteiger partial charge >= 0.3 is 0 Å². The number of aliphatic hydroxyl groups is 2. The van der Waals surface area contributed by atoms with Gasteiger partial charge in [-0.1, -0.05) is 6.08 Å². The van der Waals surface area contributed by atoms with Crippen molar-refractivity contribution in [1.82, 2.24) is 0 Å². The van der Waals surface area contributed by atoms with Crippen molar-refractivity contribution in [2.24, 2.45) is 0 Å². The van der Waals surface area contributed by atoms with Crippen LogP contribution in [0.25, 0.3) is 17.0 Å². The minimum absolute atomic E-state index is 0.0436. The van der Waals surface area contributed by atoms with E-state index in [1.807, 2.05) is 0 Å². The molecule has 3 rings (SSSR count). The van der Waals surface area contributed by atoms with E-state index in [0.717, 1.165) is 0 Å². The van der Waals surface area contributed by atoms with Crippen LogP contribution in [0.2, 0.25) is 0 Å². The second kappa shape index (κ2) is 5.08. The van der Waals surface area contributed by atoms with Crippen LogP contribution >= 0.6 is 0 Å². The summed E-state index contributed by atoms with van der Waals surface area (Å²) >= 11 is 0. The van der Waals surface area contributed by atoms with Gasteiger partial charge in [0.05, 0.1) is 24.2 Å². The first kappa shape index (κ1) is 14.5. The Balaban J connectivity index is 2.41. The quantitative estimate of drug-likeness (QED) is 0.765. The lowest BCUT2D eigenvalue weighted by atomic mass is 9.84. The molecule has 22 heavy (non-hydrogen) atoms. The zero-order valence-electron chi connectivity index (χ0n) is 11.7. The topological polar surface area (TPSA) is 108 Å². The number of hydrogen-bond donors (Lipinski definition) is 3. The Morgan fingerprint density at radius 3 is 2.73 bits per heavy atom. The number of ketones is 1. The van der Waals surface area contributed by atoms with Gasteiger partial charge in [-0.3, -0.25) is 9.59 Å². The number of phenolic OH excluding ortho intramolecular Hbond substituents is 1. The average Bonchev–Trinajstić information content (AvgIpc) is 2.46. The maximum atomic E-state index is 12.7. The van der Waals surface area contributed by atoms with E-state index in [4.69, 9.17) is 9.52 Å². The van der Waals surface area contributed by atoms with Crippen LogP contribution in [0.15, 0.2) is 27.4 Å². The predicted molar refractivity (Wildman–Crippen MR) is 78.5 cm³/mol. The molecule has 1 aliphatic carbocycles. The fraction of sp³-hybridized carbons (Fsp3) is 0.250. The van der Waals surface area contributed by atoms with Crippen molar-refractivity contribution in [2.45, 2.75) is 25.6 Å². The molecule has 1 aliphatic rings. The second-order valence-electron chi connectivity index (χ2n) is 5.29. The highest BCUT2D eigenvalue weighted by molar-refractivity contribution is 5.90. The maximum Gasteiger partial charge on any atom is 0.201 e. The molecule has 1 heterocycles. The lowest BCUT2D eigenvalue weighted by Crippen LogP contribution is -2.31. The SMILES string of the molecule is CC(=O)[C@H]1c2c(oc3cc(CO)cc(O)c3c2=O)C=C[C@@H]1O. The fourth-order valence-corrected chi connectivity index (χ4v) is 2.81. The predicted octanol–water partition coefficient (Wildman–Crippen LogP) is 1.05. The van der Waals surface area contributed by atoms with Gasteiger partial charge in [-0.05, 0) is 30.7 Å². The zero-order valence-corrected chi connectivity index (χ0v) is 11.7. The van der Waals surface area contributed by atoms with Crippen molar-refractivity contribution in [1.29, 1.82) is 0 Å². The number of rotatable bonds is 2. The summed E-state index contributed by atoms with van der Waals surface area (Å²) in [6, 6.07) is 2.72. The number of aromatic hydroxyl groups is 1. The number of fused-ring (bicyclic) bond motifs is 2. The van der Waals surface area contributed by atoms with Gasteiger partial charge in [-0.15, -0.1) is 0 Å². The van der Waals surface area contributed by atoms with E-state index in [9.17, 15) is 19.8 Å². The van der Waals surface area contributed by atoms with Crippen molar-refractivity contribution >= 4 is 22.8 Å². The monoisotopic (exact) mass is 302 g/mol. The van der Waals surface area contributed by atoms with E-state index in [1.54, 1.807) is 0 Å². The molecule has 0 saturated carbocycles. The average molecular weight is 302 g/mol. The largest absolute Gasteiger partial charge is 0.507 e. The minimum Gasteiger partial charge on any atom is -0.507 e. The summed E-state index contributed by atoms with van der Waals surface area (Å²) in [7, 11) is 0. The molecule has 6 heteroatoms. The molecule has 2 atom stereocenters. The van der Waals surface area contributed by atoms with E-state index in [1.165, 1.54) is 31.2 Å². The Morgan fingerprint density at radius 2 is 2.09 bits per heavy atom. The lowest BCUT2D eigenvalue weighted by Gasteiger charge is -2.23. The van der Waals surface area contributed by atoms with Gasteiger partial charge in [0.15, 0.2) is 0 Å². The maximum absolute atomic E-state index is 12.7. The first-order valence-corrected chi connectivity index (χ1v) is 6.74. The number of aliphatic hydroxyl groups excluding tert-OH is 2. The van der Waals surface area contributed by atoms with Crippen LogP contribution in [-0.4, -0.2) is 27.2 Å². The molecular weight excluding hydrogens is 288 g/mol. The summed E-state index contributed by atoms with van der Waals surface area (Å²) in [6.07, 6.45) is 1.71. The van der Waals surface area contributed by atoms with Gasteiger partial charge in [0.2, 0.25) is 5.43 Å². The Labute approximate surface area is 124 Å². The number of benzene rings is 1. The van der Waals surface area contributed by atoms with Crippen LogP contribution in [0.4, 0.5) is 0 Å². The van der Waals surface area contributed by atoms with Crippen molar-refractivity contribution in [3.8, 4) is 5.75 Å². The van der Waals surface area contributed by atoms with E-state index < -0.39 is 17.5 Å². The lowest BCUT2D eigenvalue weighted by molar-refractivity contribution is -0.120. The molecule has 0 fully saturated rings. The molecule has 3 N–H and O–H groups in total. The Hall–Kier alpha value is -2.44. The molecule has 0 bridgehead atoms. The van der Waals surface area contributed by atoms with Crippen molar-refractivity contribution in [3.05, 3.63) is 45.3 Å². The Bertz CT molecular complexity index is 861. The molecule has 1 aromatic heterocycles. The highest BCUT2D eigenvalue weighted by Crippen LogP contribution is 2.33. The standard InChI is InChI=1S/C16H14O6/c1-7(18)13-9(19)2-3-11-15(13)16(21)14-10(20)4-8(6-17)5-12(14)22-11/h2-5,9,13,17,19-20H,6H2,1H3/t9-,13+/m0/s1.